The lowest BCUT2D eigenvalue weighted by Crippen LogP contribution is -2.32. The van der Waals surface area contributed by atoms with Gasteiger partial charge in [0.1, 0.15) is 0 Å². The van der Waals surface area contributed by atoms with E-state index < -0.39 is 4.92 Å². The van der Waals surface area contributed by atoms with Crippen LogP contribution in [0.3, 0.4) is 0 Å². The van der Waals surface area contributed by atoms with Gasteiger partial charge in [0.2, 0.25) is 0 Å². The molecule has 1 rings (SSSR count). The molecule has 0 radical (unpaired) electrons. The molecule has 0 atom stereocenters. The van der Waals surface area contributed by atoms with Crippen LogP contribution in [0.4, 0.5) is 5.69 Å². The van der Waals surface area contributed by atoms with Crippen molar-refractivity contribution in [3.8, 4) is 0 Å². The third kappa shape index (κ3) is 3.89. The predicted molar refractivity (Wildman–Crippen MR) is 77.2 cm³/mol. The van der Waals surface area contributed by atoms with Gasteiger partial charge in [-0.25, -0.2) is 0 Å². The third-order valence-electron chi connectivity index (χ3n) is 2.52. The fourth-order valence-corrected chi connectivity index (χ4v) is 2.08. The Hall–Kier alpha value is -1.69. The predicted octanol–water partition coefficient (Wildman–Crippen LogP) is 3.40. The summed E-state index contributed by atoms with van der Waals surface area (Å²) in [5.74, 6) is -0.239. The SMILES string of the molecule is C=CCN(CCC)C(=O)c1cc([N+](=O)[O-])ccc1Br. The van der Waals surface area contributed by atoms with Gasteiger partial charge in [0.15, 0.2) is 0 Å². The first kappa shape index (κ1) is 15.4. The highest BCUT2D eigenvalue weighted by molar-refractivity contribution is 9.10. The maximum Gasteiger partial charge on any atom is 0.270 e. The van der Waals surface area contributed by atoms with Crippen LogP contribution in [0.1, 0.15) is 23.7 Å². The molecule has 0 unspecified atom stereocenters. The molecular formula is C13H15BrN2O3. The highest BCUT2D eigenvalue weighted by Gasteiger charge is 2.19. The van der Waals surface area contributed by atoms with Gasteiger partial charge in [0.05, 0.1) is 10.5 Å². The number of amides is 1. The van der Waals surface area contributed by atoms with E-state index in [9.17, 15) is 14.9 Å². The molecule has 0 heterocycles. The minimum absolute atomic E-state index is 0.0957. The van der Waals surface area contributed by atoms with Crippen LogP contribution < -0.4 is 0 Å². The second kappa shape index (κ2) is 7.04. The van der Waals surface area contributed by atoms with Crippen molar-refractivity contribution in [2.45, 2.75) is 13.3 Å². The summed E-state index contributed by atoms with van der Waals surface area (Å²) >= 11 is 3.25. The van der Waals surface area contributed by atoms with Crippen molar-refractivity contribution in [3.63, 3.8) is 0 Å². The molecule has 5 nitrogen and oxygen atoms in total. The average molecular weight is 327 g/mol. The van der Waals surface area contributed by atoms with Gasteiger partial charge in [-0.3, -0.25) is 14.9 Å². The molecule has 0 spiro atoms. The second-order valence-corrected chi connectivity index (χ2v) is 4.82. The van der Waals surface area contributed by atoms with Crippen molar-refractivity contribution in [2.75, 3.05) is 13.1 Å². The van der Waals surface area contributed by atoms with Gasteiger partial charge in [-0.05, 0) is 28.4 Å². The van der Waals surface area contributed by atoms with E-state index in [1.807, 2.05) is 6.92 Å². The highest BCUT2D eigenvalue weighted by atomic mass is 79.9. The number of carbonyl (C=O) groups is 1. The van der Waals surface area contributed by atoms with E-state index in [0.717, 1.165) is 6.42 Å². The molecule has 0 aliphatic heterocycles. The quantitative estimate of drug-likeness (QED) is 0.457. The lowest BCUT2D eigenvalue weighted by molar-refractivity contribution is -0.384. The van der Waals surface area contributed by atoms with E-state index in [4.69, 9.17) is 0 Å². The number of carbonyl (C=O) groups excluding carboxylic acids is 1. The fourth-order valence-electron chi connectivity index (χ4n) is 1.66. The minimum atomic E-state index is -0.513. The lowest BCUT2D eigenvalue weighted by atomic mass is 10.1. The van der Waals surface area contributed by atoms with Gasteiger partial charge in [0.25, 0.3) is 11.6 Å². The fraction of sp³-hybridized carbons (Fsp3) is 0.308. The van der Waals surface area contributed by atoms with Crippen LogP contribution in [-0.4, -0.2) is 28.8 Å². The highest BCUT2D eigenvalue weighted by Crippen LogP contribution is 2.24. The van der Waals surface area contributed by atoms with Gasteiger partial charge in [0, 0.05) is 29.7 Å². The van der Waals surface area contributed by atoms with Crippen molar-refractivity contribution >= 4 is 27.5 Å². The van der Waals surface area contributed by atoms with Gasteiger partial charge < -0.3 is 4.90 Å². The standard InChI is InChI=1S/C13H15BrN2O3/c1-3-7-15(8-4-2)13(17)11-9-10(16(18)19)5-6-12(11)14/h3,5-6,9H,1,4,7-8H2,2H3. The number of halogens is 1. The van der Waals surface area contributed by atoms with E-state index in [2.05, 4.69) is 22.5 Å². The normalized spacial score (nSPS) is 10.0. The first-order valence-corrected chi connectivity index (χ1v) is 6.64. The van der Waals surface area contributed by atoms with Crippen molar-refractivity contribution in [1.29, 1.82) is 0 Å². The Bertz CT molecular complexity index is 503. The Kier molecular flexibility index (Phi) is 5.69. The van der Waals surface area contributed by atoms with Crippen molar-refractivity contribution in [2.24, 2.45) is 0 Å². The Morgan fingerprint density at radius 3 is 2.79 bits per heavy atom. The second-order valence-electron chi connectivity index (χ2n) is 3.96. The van der Waals surface area contributed by atoms with Crippen LogP contribution in [0, 0.1) is 10.1 Å². The topological polar surface area (TPSA) is 63.5 Å². The Labute approximate surface area is 120 Å². The number of non-ortho nitro benzene ring substituents is 1. The van der Waals surface area contributed by atoms with Crippen LogP contribution in [0.25, 0.3) is 0 Å². The molecule has 102 valence electrons. The summed E-state index contributed by atoms with van der Waals surface area (Å²) in [5.41, 5.74) is 0.200. The van der Waals surface area contributed by atoms with Crippen LogP contribution in [0.2, 0.25) is 0 Å². The van der Waals surface area contributed by atoms with E-state index in [0.29, 0.717) is 23.1 Å². The molecule has 0 aliphatic rings. The molecule has 0 fully saturated rings. The zero-order chi connectivity index (χ0) is 14.4. The third-order valence-corrected chi connectivity index (χ3v) is 3.21. The number of nitro groups is 1. The van der Waals surface area contributed by atoms with Crippen LogP contribution in [0.15, 0.2) is 35.3 Å². The van der Waals surface area contributed by atoms with Crippen molar-refractivity contribution in [1.82, 2.24) is 4.90 Å². The van der Waals surface area contributed by atoms with E-state index in [1.54, 1.807) is 11.0 Å². The lowest BCUT2D eigenvalue weighted by Gasteiger charge is -2.20. The Balaban J connectivity index is 3.12. The molecule has 6 heteroatoms. The number of hydrogen-bond acceptors (Lipinski definition) is 3. The molecule has 1 aromatic carbocycles. The minimum Gasteiger partial charge on any atom is -0.335 e. The molecule has 0 aromatic heterocycles. The number of rotatable bonds is 6. The zero-order valence-corrected chi connectivity index (χ0v) is 12.2. The maximum absolute atomic E-state index is 12.3. The first-order chi connectivity index (χ1) is 9.01. The monoisotopic (exact) mass is 326 g/mol. The van der Waals surface area contributed by atoms with Crippen LogP contribution >= 0.6 is 15.9 Å². The largest absolute Gasteiger partial charge is 0.335 e. The number of benzene rings is 1. The molecule has 0 saturated carbocycles. The molecule has 0 saturated heterocycles. The number of hydrogen-bond donors (Lipinski definition) is 0. The molecule has 1 aromatic rings. The smallest absolute Gasteiger partial charge is 0.270 e. The molecule has 0 N–H and O–H groups in total. The van der Waals surface area contributed by atoms with Gasteiger partial charge in [-0.1, -0.05) is 13.0 Å². The van der Waals surface area contributed by atoms with Gasteiger partial charge in [-0.15, -0.1) is 6.58 Å². The summed E-state index contributed by atoms with van der Waals surface area (Å²) in [6.07, 6.45) is 2.45. The zero-order valence-electron chi connectivity index (χ0n) is 10.6. The number of nitrogens with zero attached hydrogens (tertiary/aromatic N) is 2. The summed E-state index contributed by atoms with van der Waals surface area (Å²) in [6, 6.07) is 4.17. The van der Waals surface area contributed by atoms with Gasteiger partial charge in [-0.2, -0.15) is 0 Å². The van der Waals surface area contributed by atoms with Crippen molar-refractivity contribution < 1.29 is 9.72 Å². The first-order valence-electron chi connectivity index (χ1n) is 5.85. The summed E-state index contributed by atoms with van der Waals surface area (Å²) in [7, 11) is 0. The molecule has 0 bridgehead atoms. The maximum atomic E-state index is 12.3. The summed E-state index contributed by atoms with van der Waals surface area (Å²) < 4.78 is 0.549. The summed E-state index contributed by atoms with van der Waals surface area (Å²) in [5, 5.41) is 10.8. The molecular weight excluding hydrogens is 312 g/mol. The molecule has 0 aliphatic carbocycles. The number of nitro benzene ring substituents is 1. The summed E-state index contributed by atoms with van der Waals surface area (Å²) in [4.78, 5) is 24.2. The summed E-state index contributed by atoms with van der Waals surface area (Å²) in [6.45, 7) is 6.58. The van der Waals surface area contributed by atoms with E-state index in [-0.39, 0.29) is 11.6 Å². The van der Waals surface area contributed by atoms with E-state index >= 15 is 0 Å². The molecule has 19 heavy (non-hydrogen) atoms. The Morgan fingerprint density at radius 1 is 1.58 bits per heavy atom. The van der Waals surface area contributed by atoms with Gasteiger partial charge >= 0.3 is 0 Å². The van der Waals surface area contributed by atoms with Crippen LogP contribution in [-0.2, 0) is 0 Å². The Morgan fingerprint density at radius 2 is 2.26 bits per heavy atom. The van der Waals surface area contributed by atoms with E-state index in [1.165, 1.54) is 18.2 Å². The van der Waals surface area contributed by atoms with Crippen LogP contribution in [0.5, 0.6) is 0 Å². The average Bonchev–Trinajstić information content (AvgIpc) is 2.38. The van der Waals surface area contributed by atoms with Crippen molar-refractivity contribution in [3.05, 3.63) is 51.0 Å². The molecule has 1 amide bonds.